The van der Waals surface area contributed by atoms with Gasteiger partial charge in [-0.05, 0) is 38.1 Å². The van der Waals surface area contributed by atoms with E-state index in [2.05, 4.69) is 4.98 Å². The molecule has 0 saturated carbocycles. The third kappa shape index (κ3) is 2.87. The van der Waals surface area contributed by atoms with Crippen molar-refractivity contribution in [1.82, 2.24) is 9.55 Å². The lowest BCUT2D eigenvalue weighted by Crippen LogP contribution is -2.32. The predicted octanol–water partition coefficient (Wildman–Crippen LogP) is 4.89. The molecule has 0 fully saturated rings. The van der Waals surface area contributed by atoms with E-state index in [1.807, 2.05) is 30.3 Å². The van der Waals surface area contributed by atoms with Crippen LogP contribution in [0.2, 0.25) is 5.02 Å². The molecule has 0 amide bonds. The van der Waals surface area contributed by atoms with E-state index in [0.29, 0.717) is 11.3 Å². The van der Waals surface area contributed by atoms with Gasteiger partial charge in [-0.2, -0.15) is 13.2 Å². The van der Waals surface area contributed by atoms with Crippen molar-refractivity contribution in [1.29, 1.82) is 0 Å². The Kier molecular flexibility index (Phi) is 3.85. The molecule has 3 rings (SSSR count). The number of para-hydroxylation sites is 1. The van der Waals surface area contributed by atoms with Crippen LogP contribution in [0.4, 0.5) is 13.2 Å². The Balaban J connectivity index is 2.38. The van der Waals surface area contributed by atoms with Crippen LogP contribution in [0.3, 0.4) is 0 Å². The average Bonchev–Trinajstić information content (AvgIpc) is 2.84. The number of hydrogen-bond donors (Lipinski definition) is 1. The fourth-order valence-electron chi connectivity index (χ4n) is 2.59. The first kappa shape index (κ1) is 16.8. The Labute approximate surface area is 141 Å². The quantitative estimate of drug-likeness (QED) is 0.712. The standard InChI is InChI=1S/C17H15ClF3N3/c1-16(2,22)15-23-13-8-11(17(19,20)21)12(18)9-14(13)24(15)10-6-4-3-5-7-10/h3-9H,22H2,1-2H3. The Morgan fingerprint density at radius 2 is 1.71 bits per heavy atom. The van der Waals surface area contributed by atoms with Crippen LogP contribution >= 0.6 is 11.6 Å². The summed E-state index contributed by atoms with van der Waals surface area (Å²) in [6, 6.07) is 11.4. The number of imidazole rings is 1. The Hall–Kier alpha value is -2.05. The minimum absolute atomic E-state index is 0.198. The number of aromatic nitrogens is 2. The van der Waals surface area contributed by atoms with E-state index in [-0.39, 0.29) is 10.5 Å². The summed E-state index contributed by atoms with van der Waals surface area (Å²) in [5, 5.41) is -0.367. The summed E-state index contributed by atoms with van der Waals surface area (Å²) in [6.07, 6.45) is -4.54. The highest BCUT2D eigenvalue weighted by Gasteiger charge is 2.35. The van der Waals surface area contributed by atoms with Crippen LogP contribution in [0.15, 0.2) is 42.5 Å². The molecule has 1 aromatic heterocycles. The van der Waals surface area contributed by atoms with Gasteiger partial charge in [-0.15, -0.1) is 0 Å². The predicted molar refractivity (Wildman–Crippen MR) is 88.3 cm³/mol. The van der Waals surface area contributed by atoms with E-state index in [1.165, 1.54) is 6.07 Å². The van der Waals surface area contributed by atoms with Gasteiger partial charge < -0.3 is 5.73 Å². The van der Waals surface area contributed by atoms with Gasteiger partial charge in [0.2, 0.25) is 0 Å². The number of halogens is 4. The van der Waals surface area contributed by atoms with Gasteiger partial charge in [0.1, 0.15) is 5.82 Å². The zero-order chi connectivity index (χ0) is 17.7. The van der Waals surface area contributed by atoms with Crippen molar-refractivity contribution in [3.8, 4) is 5.69 Å². The molecule has 0 atom stereocenters. The molecule has 126 valence electrons. The minimum Gasteiger partial charge on any atom is -0.319 e. The van der Waals surface area contributed by atoms with Crippen LogP contribution in [-0.2, 0) is 11.7 Å². The van der Waals surface area contributed by atoms with Crippen LogP contribution in [0, 0.1) is 0 Å². The number of benzene rings is 2. The van der Waals surface area contributed by atoms with Crippen molar-refractivity contribution in [2.24, 2.45) is 5.73 Å². The van der Waals surface area contributed by atoms with Crippen molar-refractivity contribution >= 4 is 22.6 Å². The summed E-state index contributed by atoms with van der Waals surface area (Å²) in [5.74, 6) is 0.457. The fourth-order valence-corrected chi connectivity index (χ4v) is 2.85. The number of rotatable bonds is 2. The Morgan fingerprint density at radius 3 is 2.25 bits per heavy atom. The number of alkyl halides is 3. The zero-order valence-electron chi connectivity index (χ0n) is 13.0. The summed E-state index contributed by atoms with van der Waals surface area (Å²) >= 11 is 5.88. The lowest BCUT2D eigenvalue weighted by molar-refractivity contribution is -0.137. The van der Waals surface area contributed by atoms with Gasteiger partial charge in [-0.3, -0.25) is 4.57 Å². The average molecular weight is 354 g/mol. The van der Waals surface area contributed by atoms with E-state index in [9.17, 15) is 13.2 Å². The summed E-state index contributed by atoms with van der Waals surface area (Å²) in [5.41, 5.74) is 5.86. The van der Waals surface area contributed by atoms with Crippen LogP contribution in [0.1, 0.15) is 25.2 Å². The molecule has 0 spiro atoms. The van der Waals surface area contributed by atoms with Crippen LogP contribution in [-0.4, -0.2) is 9.55 Å². The smallest absolute Gasteiger partial charge is 0.319 e. The van der Waals surface area contributed by atoms with Gasteiger partial charge in [0.15, 0.2) is 0 Å². The maximum atomic E-state index is 13.1. The lowest BCUT2D eigenvalue weighted by Gasteiger charge is -2.20. The van der Waals surface area contributed by atoms with E-state index < -0.39 is 17.3 Å². The van der Waals surface area contributed by atoms with Gasteiger partial charge >= 0.3 is 6.18 Å². The largest absolute Gasteiger partial charge is 0.417 e. The molecule has 0 aliphatic carbocycles. The SMILES string of the molecule is CC(C)(N)c1nc2cc(C(F)(F)F)c(Cl)cc2n1-c1ccccc1. The molecule has 2 N–H and O–H groups in total. The molecule has 7 heteroatoms. The summed E-state index contributed by atoms with van der Waals surface area (Å²) < 4.78 is 41.0. The van der Waals surface area contributed by atoms with Crippen molar-refractivity contribution in [2.75, 3.05) is 0 Å². The minimum atomic E-state index is -4.54. The monoisotopic (exact) mass is 353 g/mol. The molecule has 0 bridgehead atoms. The van der Waals surface area contributed by atoms with Crippen molar-refractivity contribution in [2.45, 2.75) is 25.6 Å². The number of nitrogens with zero attached hydrogens (tertiary/aromatic N) is 2. The highest BCUT2D eigenvalue weighted by atomic mass is 35.5. The maximum Gasteiger partial charge on any atom is 0.417 e. The van der Waals surface area contributed by atoms with Gasteiger partial charge in [0, 0.05) is 5.69 Å². The fraction of sp³-hybridized carbons (Fsp3) is 0.235. The second-order valence-electron chi connectivity index (χ2n) is 6.15. The molecule has 0 saturated heterocycles. The molecule has 0 aliphatic rings. The summed E-state index contributed by atoms with van der Waals surface area (Å²) in [6.45, 7) is 3.50. The summed E-state index contributed by atoms with van der Waals surface area (Å²) in [4.78, 5) is 4.35. The van der Waals surface area contributed by atoms with Crippen molar-refractivity contribution in [3.05, 3.63) is 58.9 Å². The third-order valence-electron chi connectivity index (χ3n) is 3.64. The van der Waals surface area contributed by atoms with Gasteiger partial charge in [0.05, 0.1) is 27.2 Å². The van der Waals surface area contributed by atoms with Crippen LogP contribution < -0.4 is 5.73 Å². The molecule has 24 heavy (non-hydrogen) atoms. The Morgan fingerprint density at radius 1 is 1.08 bits per heavy atom. The maximum absolute atomic E-state index is 13.1. The third-order valence-corrected chi connectivity index (χ3v) is 3.95. The van der Waals surface area contributed by atoms with Crippen molar-refractivity contribution < 1.29 is 13.2 Å². The van der Waals surface area contributed by atoms with Gasteiger partial charge in [-0.1, -0.05) is 29.8 Å². The number of hydrogen-bond acceptors (Lipinski definition) is 2. The van der Waals surface area contributed by atoms with Crippen LogP contribution in [0.5, 0.6) is 0 Å². The van der Waals surface area contributed by atoms with E-state index in [0.717, 1.165) is 11.8 Å². The lowest BCUT2D eigenvalue weighted by atomic mass is 10.1. The topological polar surface area (TPSA) is 43.8 Å². The van der Waals surface area contributed by atoms with E-state index in [4.69, 9.17) is 17.3 Å². The molecule has 2 aromatic carbocycles. The highest BCUT2D eigenvalue weighted by molar-refractivity contribution is 6.32. The molecule has 0 aliphatic heterocycles. The first-order chi connectivity index (χ1) is 11.1. The summed E-state index contributed by atoms with van der Waals surface area (Å²) in [7, 11) is 0. The molecular weight excluding hydrogens is 339 g/mol. The van der Waals surface area contributed by atoms with E-state index in [1.54, 1.807) is 18.4 Å². The molecule has 0 unspecified atom stereocenters. The van der Waals surface area contributed by atoms with Crippen molar-refractivity contribution in [3.63, 3.8) is 0 Å². The highest BCUT2D eigenvalue weighted by Crippen LogP contribution is 2.38. The first-order valence-corrected chi connectivity index (χ1v) is 7.61. The second kappa shape index (κ2) is 5.50. The molecule has 0 radical (unpaired) electrons. The molecule has 3 aromatic rings. The molecule has 3 nitrogen and oxygen atoms in total. The normalized spacial score (nSPS) is 12.8. The van der Waals surface area contributed by atoms with E-state index >= 15 is 0 Å². The zero-order valence-corrected chi connectivity index (χ0v) is 13.8. The van der Waals surface area contributed by atoms with Gasteiger partial charge in [-0.25, -0.2) is 4.98 Å². The molecular formula is C17H15ClF3N3. The van der Waals surface area contributed by atoms with Crippen LogP contribution in [0.25, 0.3) is 16.7 Å². The Bertz CT molecular complexity index is 893. The molecule has 1 heterocycles. The van der Waals surface area contributed by atoms with Gasteiger partial charge in [0.25, 0.3) is 0 Å². The number of fused-ring (bicyclic) bond motifs is 1. The second-order valence-corrected chi connectivity index (χ2v) is 6.55. The number of nitrogens with two attached hydrogens (primary N) is 1. The first-order valence-electron chi connectivity index (χ1n) is 7.23.